The van der Waals surface area contributed by atoms with Crippen LogP contribution < -0.4 is 15.2 Å². The maximum atomic E-state index is 13.8. The first-order valence-corrected chi connectivity index (χ1v) is 6.69. The molecular weight excluding hydrogens is 271 g/mol. The normalized spacial score (nSPS) is 12.0. The third kappa shape index (κ3) is 3.92. The van der Waals surface area contributed by atoms with Crippen LogP contribution in [0, 0.1) is 12.7 Å². The van der Waals surface area contributed by atoms with Gasteiger partial charge in [-0.2, -0.15) is 0 Å². The lowest BCUT2D eigenvalue weighted by Crippen LogP contribution is -2.07. The van der Waals surface area contributed by atoms with E-state index in [1.807, 2.05) is 13.0 Å². The molecule has 0 fully saturated rings. The van der Waals surface area contributed by atoms with Gasteiger partial charge < -0.3 is 15.2 Å². The molecule has 0 aliphatic heterocycles. The number of aryl methyl sites for hydroxylation is 1. The number of halogens is 1. The average Bonchev–Trinajstić information content (AvgIpc) is 2.44. The first-order chi connectivity index (χ1) is 9.99. The zero-order valence-electron chi connectivity index (χ0n) is 12.4. The second-order valence-corrected chi connectivity index (χ2v) is 4.90. The topological polar surface area (TPSA) is 57.4 Å². The Bertz CT molecular complexity index is 630. The van der Waals surface area contributed by atoms with Gasteiger partial charge in [0.1, 0.15) is 23.9 Å². The van der Waals surface area contributed by atoms with Crippen molar-refractivity contribution >= 4 is 0 Å². The van der Waals surface area contributed by atoms with Crippen LogP contribution in [-0.2, 0) is 6.61 Å². The minimum atomic E-state index is -0.364. The number of aromatic nitrogens is 1. The van der Waals surface area contributed by atoms with E-state index in [-0.39, 0.29) is 18.5 Å². The fraction of sp³-hybridized carbons (Fsp3) is 0.312. The number of hydrogen-bond donors (Lipinski definition) is 1. The number of benzene rings is 1. The molecule has 21 heavy (non-hydrogen) atoms. The van der Waals surface area contributed by atoms with Crippen LogP contribution in [0.5, 0.6) is 11.5 Å². The molecular formula is C16H19FN2O2. The van der Waals surface area contributed by atoms with E-state index in [1.165, 1.54) is 6.07 Å². The number of hydrogen-bond acceptors (Lipinski definition) is 4. The maximum Gasteiger partial charge on any atom is 0.131 e. The van der Waals surface area contributed by atoms with Crippen LogP contribution in [0.2, 0.25) is 0 Å². The summed E-state index contributed by atoms with van der Waals surface area (Å²) in [6.07, 6.45) is 0. The van der Waals surface area contributed by atoms with Crippen molar-refractivity contribution in [1.29, 1.82) is 0 Å². The minimum absolute atomic E-state index is 0.245. The molecule has 0 amide bonds. The van der Waals surface area contributed by atoms with Crippen molar-refractivity contribution in [1.82, 2.24) is 4.98 Å². The summed E-state index contributed by atoms with van der Waals surface area (Å²) >= 11 is 0. The highest BCUT2D eigenvalue weighted by Gasteiger charge is 2.08. The van der Waals surface area contributed by atoms with Crippen LogP contribution >= 0.6 is 0 Å². The summed E-state index contributed by atoms with van der Waals surface area (Å²) in [6.45, 7) is 3.86. The van der Waals surface area contributed by atoms with Crippen LogP contribution in [0.3, 0.4) is 0 Å². The number of rotatable bonds is 5. The Labute approximate surface area is 123 Å². The number of pyridine rings is 1. The van der Waals surface area contributed by atoms with E-state index < -0.39 is 0 Å². The quantitative estimate of drug-likeness (QED) is 0.919. The summed E-state index contributed by atoms with van der Waals surface area (Å²) < 4.78 is 24.6. The van der Waals surface area contributed by atoms with E-state index in [4.69, 9.17) is 15.2 Å². The summed E-state index contributed by atoms with van der Waals surface area (Å²) in [4.78, 5) is 4.35. The van der Waals surface area contributed by atoms with Gasteiger partial charge in [0.2, 0.25) is 0 Å². The fourth-order valence-electron chi connectivity index (χ4n) is 2.02. The van der Waals surface area contributed by atoms with Crippen molar-refractivity contribution in [3.63, 3.8) is 0 Å². The Morgan fingerprint density at radius 2 is 2.00 bits per heavy atom. The second kappa shape index (κ2) is 6.54. The van der Waals surface area contributed by atoms with Gasteiger partial charge in [0.05, 0.1) is 12.8 Å². The monoisotopic (exact) mass is 290 g/mol. The zero-order chi connectivity index (χ0) is 15.4. The molecule has 0 unspecified atom stereocenters. The standard InChI is InChI=1S/C16H19FN2O2/c1-10-6-14(20-3)7-12(19-10)9-21-13-4-5-15(11(2)18)16(17)8-13/h4-8,11H,9,18H2,1-3H3/t11-/m0/s1. The Hall–Kier alpha value is -2.14. The molecule has 112 valence electrons. The lowest BCUT2D eigenvalue weighted by atomic mass is 10.1. The SMILES string of the molecule is COc1cc(C)nc(COc2ccc([C@H](C)N)c(F)c2)c1. The third-order valence-corrected chi connectivity index (χ3v) is 3.06. The summed E-state index contributed by atoms with van der Waals surface area (Å²) in [5.41, 5.74) is 7.71. The lowest BCUT2D eigenvalue weighted by Gasteiger charge is -2.11. The average molecular weight is 290 g/mol. The number of nitrogens with two attached hydrogens (primary N) is 1. The van der Waals surface area contributed by atoms with Gasteiger partial charge in [-0.05, 0) is 19.9 Å². The third-order valence-electron chi connectivity index (χ3n) is 3.06. The first kappa shape index (κ1) is 15.3. The number of ether oxygens (including phenoxy) is 2. The van der Waals surface area contributed by atoms with Crippen LogP contribution in [0.4, 0.5) is 4.39 Å². The first-order valence-electron chi connectivity index (χ1n) is 6.69. The Morgan fingerprint density at radius 1 is 1.24 bits per heavy atom. The van der Waals surface area contributed by atoms with E-state index >= 15 is 0 Å². The molecule has 1 aromatic carbocycles. The lowest BCUT2D eigenvalue weighted by molar-refractivity contribution is 0.298. The molecule has 0 aliphatic carbocycles. The van der Waals surface area contributed by atoms with Crippen LogP contribution in [0.15, 0.2) is 30.3 Å². The molecule has 1 atom stereocenters. The Morgan fingerprint density at radius 3 is 2.62 bits per heavy atom. The van der Waals surface area contributed by atoms with E-state index in [0.717, 1.165) is 17.1 Å². The van der Waals surface area contributed by atoms with Gasteiger partial charge in [-0.1, -0.05) is 6.07 Å². The Balaban J connectivity index is 2.09. The van der Waals surface area contributed by atoms with Crippen LogP contribution in [0.1, 0.15) is 29.9 Å². The van der Waals surface area contributed by atoms with Gasteiger partial charge in [-0.25, -0.2) is 4.39 Å². The molecule has 4 nitrogen and oxygen atoms in total. The zero-order valence-corrected chi connectivity index (χ0v) is 12.4. The van der Waals surface area contributed by atoms with Crippen molar-refractivity contribution in [3.05, 3.63) is 53.1 Å². The van der Waals surface area contributed by atoms with E-state index in [9.17, 15) is 4.39 Å². The molecule has 2 rings (SSSR count). The highest BCUT2D eigenvalue weighted by molar-refractivity contribution is 5.31. The molecule has 0 radical (unpaired) electrons. The summed E-state index contributed by atoms with van der Waals surface area (Å²) in [5.74, 6) is 0.802. The molecule has 2 N–H and O–H groups in total. The predicted molar refractivity (Wildman–Crippen MR) is 78.9 cm³/mol. The van der Waals surface area contributed by atoms with Gasteiger partial charge in [-0.3, -0.25) is 4.98 Å². The smallest absolute Gasteiger partial charge is 0.131 e. The van der Waals surface area contributed by atoms with Gasteiger partial charge in [0.15, 0.2) is 0 Å². The number of nitrogens with zero attached hydrogens (tertiary/aromatic N) is 1. The summed E-state index contributed by atoms with van der Waals surface area (Å²) in [5, 5.41) is 0. The van der Waals surface area contributed by atoms with Gasteiger partial charge in [0, 0.05) is 35.5 Å². The van der Waals surface area contributed by atoms with Crippen LogP contribution in [0.25, 0.3) is 0 Å². The van der Waals surface area contributed by atoms with E-state index in [1.54, 1.807) is 32.2 Å². The Kier molecular flexibility index (Phi) is 4.75. The number of methoxy groups -OCH3 is 1. The molecule has 1 aromatic heterocycles. The second-order valence-electron chi connectivity index (χ2n) is 4.90. The van der Waals surface area contributed by atoms with E-state index in [0.29, 0.717) is 11.3 Å². The van der Waals surface area contributed by atoms with Gasteiger partial charge in [-0.15, -0.1) is 0 Å². The molecule has 0 bridgehead atoms. The maximum absolute atomic E-state index is 13.8. The van der Waals surface area contributed by atoms with Crippen molar-refractivity contribution in [2.45, 2.75) is 26.5 Å². The summed E-state index contributed by atoms with van der Waals surface area (Å²) in [7, 11) is 1.60. The van der Waals surface area contributed by atoms with Crippen molar-refractivity contribution in [2.75, 3.05) is 7.11 Å². The minimum Gasteiger partial charge on any atom is -0.497 e. The van der Waals surface area contributed by atoms with Crippen molar-refractivity contribution in [2.24, 2.45) is 5.73 Å². The van der Waals surface area contributed by atoms with Crippen LogP contribution in [-0.4, -0.2) is 12.1 Å². The van der Waals surface area contributed by atoms with Crippen molar-refractivity contribution < 1.29 is 13.9 Å². The van der Waals surface area contributed by atoms with E-state index in [2.05, 4.69) is 4.98 Å². The van der Waals surface area contributed by atoms with Gasteiger partial charge >= 0.3 is 0 Å². The fourth-order valence-corrected chi connectivity index (χ4v) is 2.02. The molecule has 1 heterocycles. The molecule has 0 saturated heterocycles. The molecule has 0 spiro atoms. The predicted octanol–water partition coefficient (Wildman–Crippen LogP) is 3.14. The van der Waals surface area contributed by atoms with Crippen molar-refractivity contribution in [3.8, 4) is 11.5 Å². The largest absolute Gasteiger partial charge is 0.497 e. The molecule has 0 saturated carbocycles. The summed E-state index contributed by atoms with van der Waals surface area (Å²) in [6, 6.07) is 7.96. The molecule has 2 aromatic rings. The molecule has 5 heteroatoms. The molecule has 0 aliphatic rings. The highest BCUT2D eigenvalue weighted by atomic mass is 19.1. The highest BCUT2D eigenvalue weighted by Crippen LogP contribution is 2.22. The van der Waals surface area contributed by atoms with Gasteiger partial charge in [0.25, 0.3) is 0 Å².